The molecule has 0 aliphatic heterocycles. The number of thiazole rings is 1. The van der Waals surface area contributed by atoms with Crippen LogP contribution in [-0.4, -0.2) is 21.2 Å². The van der Waals surface area contributed by atoms with Gasteiger partial charge in [0.05, 0.1) is 17.6 Å². The summed E-state index contributed by atoms with van der Waals surface area (Å²) in [5.41, 5.74) is 3.08. The molecule has 1 aliphatic carbocycles. The van der Waals surface area contributed by atoms with Crippen molar-refractivity contribution < 1.29 is 14.3 Å². The predicted octanol–water partition coefficient (Wildman–Crippen LogP) is 5.94. The highest BCUT2D eigenvalue weighted by Crippen LogP contribution is 2.33. The smallest absolute Gasteiger partial charge is 0.307 e. The standard InChI is InChI=1S/C25H32N2O4S/c1-15(2)22-20(26-24(31-22)18-10-7-16(3)8-11-18)14-30-19-6-4-5-17(13-19)9-12-21-23(28)27-25(29)32-21/h7-8,10-11,15,17,19,28H,4-6,9,12-14H2,1-3H3,(H,27,29). The molecular formula is C25H32N2O4S. The van der Waals surface area contributed by atoms with Crippen molar-refractivity contribution in [2.75, 3.05) is 0 Å². The monoisotopic (exact) mass is 456 g/mol. The maximum absolute atomic E-state index is 11.4. The minimum atomic E-state index is -0.194. The summed E-state index contributed by atoms with van der Waals surface area (Å²) in [5, 5.41) is 9.81. The van der Waals surface area contributed by atoms with Crippen molar-refractivity contribution in [1.82, 2.24) is 9.97 Å². The van der Waals surface area contributed by atoms with Crippen LogP contribution in [0.15, 0.2) is 33.5 Å². The normalized spacial score (nSPS) is 19.0. The molecule has 0 amide bonds. The number of hydrogen-bond acceptors (Lipinski definition) is 6. The summed E-state index contributed by atoms with van der Waals surface area (Å²) in [4.78, 5) is 19.2. The third kappa shape index (κ3) is 5.51. The number of H-pyrrole nitrogens is 1. The molecule has 0 saturated heterocycles. The molecule has 1 fully saturated rings. The average Bonchev–Trinajstić information content (AvgIpc) is 3.34. The first kappa shape index (κ1) is 22.8. The van der Waals surface area contributed by atoms with Gasteiger partial charge in [-0.15, -0.1) is 0 Å². The van der Waals surface area contributed by atoms with Crippen LogP contribution in [-0.2, 0) is 17.8 Å². The lowest BCUT2D eigenvalue weighted by Gasteiger charge is -2.29. The summed E-state index contributed by atoms with van der Waals surface area (Å²) in [7, 11) is 0. The van der Waals surface area contributed by atoms with Gasteiger partial charge in [0, 0.05) is 11.5 Å². The Balaban J connectivity index is 1.36. The summed E-state index contributed by atoms with van der Waals surface area (Å²) in [6.45, 7) is 6.76. The van der Waals surface area contributed by atoms with Gasteiger partial charge in [-0.2, -0.15) is 0 Å². The molecule has 0 spiro atoms. The van der Waals surface area contributed by atoms with Gasteiger partial charge in [0.2, 0.25) is 11.8 Å². The lowest BCUT2D eigenvalue weighted by atomic mass is 9.84. The Bertz CT molecular complexity index is 1080. The second-order valence-corrected chi connectivity index (χ2v) is 10.2. The van der Waals surface area contributed by atoms with Crippen LogP contribution in [0.1, 0.15) is 73.8 Å². The summed E-state index contributed by atoms with van der Waals surface area (Å²) in [6, 6.07) is 8.22. The highest BCUT2D eigenvalue weighted by atomic mass is 32.1. The van der Waals surface area contributed by atoms with Crippen molar-refractivity contribution in [3.63, 3.8) is 0 Å². The number of nitrogens with one attached hydrogen (secondary N) is 1. The Morgan fingerprint density at radius 3 is 2.75 bits per heavy atom. The maximum atomic E-state index is 11.4. The number of hydrogen-bond donors (Lipinski definition) is 2. The van der Waals surface area contributed by atoms with Gasteiger partial charge in [0.15, 0.2) is 0 Å². The highest BCUT2D eigenvalue weighted by molar-refractivity contribution is 7.09. The van der Waals surface area contributed by atoms with Crippen LogP contribution in [0.4, 0.5) is 0 Å². The molecule has 3 aromatic rings. The van der Waals surface area contributed by atoms with E-state index in [-0.39, 0.29) is 22.8 Å². The predicted molar refractivity (Wildman–Crippen MR) is 126 cm³/mol. The number of aromatic hydroxyl groups is 1. The van der Waals surface area contributed by atoms with Crippen LogP contribution < -0.4 is 4.87 Å². The molecule has 2 atom stereocenters. The van der Waals surface area contributed by atoms with Crippen LogP contribution in [0.2, 0.25) is 0 Å². The average molecular weight is 457 g/mol. The van der Waals surface area contributed by atoms with Crippen molar-refractivity contribution in [1.29, 1.82) is 0 Å². The molecule has 172 valence electrons. The molecule has 2 N–H and O–H groups in total. The zero-order valence-corrected chi connectivity index (χ0v) is 19.8. The molecule has 1 aliphatic rings. The van der Waals surface area contributed by atoms with E-state index in [0.29, 0.717) is 18.4 Å². The van der Waals surface area contributed by atoms with Crippen LogP contribution >= 0.6 is 11.3 Å². The lowest BCUT2D eigenvalue weighted by molar-refractivity contribution is -0.000705. The van der Waals surface area contributed by atoms with E-state index >= 15 is 0 Å². The minimum absolute atomic E-state index is 0.0280. The van der Waals surface area contributed by atoms with E-state index in [9.17, 15) is 9.90 Å². The van der Waals surface area contributed by atoms with Crippen LogP contribution in [0.3, 0.4) is 0 Å². The van der Waals surface area contributed by atoms with Gasteiger partial charge in [0.1, 0.15) is 11.5 Å². The Hall–Kier alpha value is -2.38. The second kappa shape index (κ2) is 10.0. The van der Waals surface area contributed by atoms with Crippen molar-refractivity contribution in [2.24, 2.45) is 5.92 Å². The topological polar surface area (TPSA) is 88.3 Å². The molecule has 1 aromatic carbocycles. The zero-order valence-electron chi connectivity index (χ0n) is 19.0. The molecule has 7 heteroatoms. The molecular weight excluding hydrogens is 424 g/mol. The summed E-state index contributed by atoms with van der Waals surface area (Å²) in [6.07, 6.45) is 6.24. The third-order valence-electron chi connectivity index (χ3n) is 6.22. The van der Waals surface area contributed by atoms with E-state index in [1.165, 1.54) is 12.0 Å². The molecule has 0 bridgehead atoms. The molecule has 2 unspecified atom stereocenters. The number of ether oxygens (including phenoxy) is 1. The van der Waals surface area contributed by atoms with Gasteiger partial charge in [-0.3, -0.25) is 9.78 Å². The molecule has 0 radical (unpaired) electrons. The van der Waals surface area contributed by atoms with E-state index in [4.69, 9.17) is 14.1 Å². The lowest BCUT2D eigenvalue weighted by Crippen LogP contribution is -2.23. The summed E-state index contributed by atoms with van der Waals surface area (Å²) >= 11 is 1.11. The molecule has 6 nitrogen and oxygen atoms in total. The largest absolute Gasteiger partial charge is 0.494 e. The van der Waals surface area contributed by atoms with Crippen molar-refractivity contribution in [2.45, 2.75) is 77.9 Å². The van der Waals surface area contributed by atoms with Crippen LogP contribution in [0, 0.1) is 12.8 Å². The van der Waals surface area contributed by atoms with E-state index in [1.807, 2.05) is 12.1 Å². The van der Waals surface area contributed by atoms with E-state index < -0.39 is 0 Å². The number of aromatic amines is 1. The first-order chi connectivity index (χ1) is 15.4. The molecule has 4 rings (SSSR count). The van der Waals surface area contributed by atoms with Gasteiger partial charge in [-0.25, -0.2) is 4.98 Å². The fourth-order valence-electron chi connectivity index (χ4n) is 4.45. The summed E-state index contributed by atoms with van der Waals surface area (Å²) < 4.78 is 12.4. The molecule has 32 heavy (non-hydrogen) atoms. The van der Waals surface area contributed by atoms with E-state index in [2.05, 4.69) is 37.9 Å². The van der Waals surface area contributed by atoms with Gasteiger partial charge in [-0.1, -0.05) is 55.7 Å². The number of aryl methyl sites for hydroxylation is 2. The van der Waals surface area contributed by atoms with Crippen molar-refractivity contribution >= 4 is 11.3 Å². The fourth-order valence-corrected chi connectivity index (χ4v) is 5.19. The van der Waals surface area contributed by atoms with Crippen LogP contribution in [0.25, 0.3) is 11.5 Å². The number of aromatic nitrogens is 2. The quantitative estimate of drug-likeness (QED) is 0.438. The van der Waals surface area contributed by atoms with E-state index in [1.54, 1.807) is 0 Å². The Kier molecular flexibility index (Phi) is 7.16. The van der Waals surface area contributed by atoms with Gasteiger partial charge < -0.3 is 14.3 Å². The molecule has 2 aromatic heterocycles. The Morgan fingerprint density at radius 1 is 1.28 bits per heavy atom. The van der Waals surface area contributed by atoms with Crippen LogP contribution in [0.5, 0.6) is 5.88 Å². The highest BCUT2D eigenvalue weighted by Gasteiger charge is 2.25. The van der Waals surface area contributed by atoms with Gasteiger partial charge in [-0.05, 0) is 50.7 Å². The number of rotatable bonds is 8. The Labute approximate surface area is 192 Å². The fraction of sp³-hybridized carbons (Fsp3) is 0.520. The van der Waals surface area contributed by atoms with Crippen molar-refractivity contribution in [3.8, 4) is 17.3 Å². The minimum Gasteiger partial charge on any atom is -0.494 e. The first-order valence-corrected chi connectivity index (χ1v) is 12.3. The number of benzene rings is 1. The first-order valence-electron chi connectivity index (χ1n) is 11.5. The maximum Gasteiger partial charge on any atom is 0.307 e. The molecule has 1 saturated carbocycles. The molecule has 2 heterocycles. The second-order valence-electron chi connectivity index (χ2n) is 9.14. The summed E-state index contributed by atoms with van der Waals surface area (Å²) in [5.74, 6) is 2.35. The number of oxazole rings is 1. The third-order valence-corrected chi connectivity index (χ3v) is 7.15. The number of nitrogens with zero attached hydrogens (tertiary/aromatic N) is 1. The Morgan fingerprint density at radius 2 is 2.06 bits per heavy atom. The van der Waals surface area contributed by atoms with Gasteiger partial charge >= 0.3 is 4.87 Å². The van der Waals surface area contributed by atoms with Crippen molar-refractivity contribution in [3.05, 3.63) is 55.8 Å². The van der Waals surface area contributed by atoms with E-state index in [0.717, 1.165) is 65.3 Å². The van der Waals surface area contributed by atoms with Gasteiger partial charge in [0.25, 0.3) is 0 Å². The zero-order chi connectivity index (χ0) is 22.7. The SMILES string of the molecule is Cc1ccc(-c2nc(COC3CCCC(CCc4sc(=O)[nH]c4O)C3)c(C(C)C)o2)cc1.